The Balaban J connectivity index is 0. The van der Waals surface area contributed by atoms with Crippen molar-refractivity contribution in [2.24, 2.45) is 0 Å². The molecule has 0 bridgehead atoms. The first kappa shape index (κ1) is 39.8. The molecular weight excluding hydrogens is 480 g/mol. The van der Waals surface area contributed by atoms with Crippen molar-refractivity contribution in [3.63, 3.8) is 0 Å². The lowest BCUT2D eigenvalue weighted by Crippen LogP contribution is -1.92. The van der Waals surface area contributed by atoms with E-state index in [2.05, 4.69) is 45.0 Å². The van der Waals surface area contributed by atoms with E-state index in [0.717, 1.165) is 19.3 Å². The molecule has 0 fully saturated rings. The molecule has 1 aromatic rings. The minimum atomic E-state index is -0.682. The molecule has 0 radical (unpaired) electrons. The summed E-state index contributed by atoms with van der Waals surface area (Å²) in [4.78, 5) is 9.87. The minimum Gasteiger partial charge on any atom is -0.481 e. The zero-order chi connectivity index (χ0) is 27.9. The normalized spacial score (nSPS) is 10.5. The van der Waals surface area contributed by atoms with Gasteiger partial charge >= 0.3 is 5.97 Å². The number of carbonyl (C=O) groups is 1. The van der Waals surface area contributed by atoms with Crippen LogP contribution in [0.5, 0.6) is 0 Å². The Labute approximate surface area is 244 Å². The predicted octanol–water partition coefficient (Wildman–Crippen LogP) is 11.4. The number of hydrogen-bond acceptors (Lipinski definition) is 1. The maximum absolute atomic E-state index is 9.87. The number of unbranched alkanes of at least 4 members (excludes halogenated alkanes) is 20. The first-order chi connectivity index (χ1) is 18.6. The summed E-state index contributed by atoms with van der Waals surface area (Å²) >= 11 is 0. The van der Waals surface area contributed by atoms with E-state index in [-0.39, 0.29) is 5.48 Å². The number of rotatable bonds is 26. The van der Waals surface area contributed by atoms with Gasteiger partial charge in [-0.25, -0.2) is 0 Å². The van der Waals surface area contributed by atoms with Gasteiger partial charge in [0, 0.05) is 6.42 Å². The lowest BCUT2D eigenvalue weighted by molar-refractivity contribution is -0.137. The number of benzene rings is 1. The molecule has 1 aromatic carbocycles. The standard InChI is InChI=1S/C30H54.C6H12O2.H2O/c1-3-5-7-9-11-13-15-17-19-21-24-29-26-23-27-30(28-29)25-22-20-18-16-14-12-10-8-6-4-2;1-2-3-4-5-6(7)8;/h23,26-28H,3-22,24-25H2,1-2H3;2-5H2,1H3,(H,7,8);1H2. The highest BCUT2D eigenvalue weighted by Crippen LogP contribution is 2.16. The van der Waals surface area contributed by atoms with Crippen molar-refractivity contribution in [1.82, 2.24) is 0 Å². The number of carboxylic acids is 1. The van der Waals surface area contributed by atoms with Crippen LogP contribution >= 0.6 is 0 Å². The summed E-state index contributed by atoms with van der Waals surface area (Å²) in [7, 11) is 0. The summed E-state index contributed by atoms with van der Waals surface area (Å²) in [5, 5.41) is 8.14. The molecule has 0 aliphatic heterocycles. The molecule has 0 amide bonds. The van der Waals surface area contributed by atoms with Crippen LogP contribution in [0, 0.1) is 0 Å². The lowest BCUT2D eigenvalue weighted by atomic mass is 9.99. The molecule has 0 atom stereocenters. The van der Waals surface area contributed by atoms with Gasteiger partial charge in [0.2, 0.25) is 0 Å². The molecule has 0 saturated heterocycles. The van der Waals surface area contributed by atoms with E-state index in [1.54, 1.807) is 11.1 Å². The summed E-state index contributed by atoms with van der Waals surface area (Å²) in [5.74, 6) is -0.682. The van der Waals surface area contributed by atoms with Crippen molar-refractivity contribution >= 4 is 5.97 Å². The van der Waals surface area contributed by atoms with E-state index in [9.17, 15) is 4.79 Å². The number of carboxylic acid groups (broad SMARTS) is 1. The first-order valence-corrected chi connectivity index (χ1v) is 16.9. The van der Waals surface area contributed by atoms with Crippen LogP contribution in [0.25, 0.3) is 0 Å². The summed E-state index contributed by atoms with van der Waals surface area (Å²) in [6.07, 6.45) is 34.4. The van der Waals surface area contributed by atoms with Gasteiger partial charge in [0.1, 0.15) is 0 Å². The van der Waals surface area contributed by atoms with Gasteiger partial charge in [0.25, 0.3) is 0 Å². The minimum absolute atomic E-state index is 0. The number of aryl methyl sites for hydroxylation is 2. The highest BCUT2D eigenvalue weighted by molar-refractivity contribution is 5.66. The van der Waals surface area contributed by atoms with Crippen molar-refractivity contribution in [3.8, 4) is 0 Å². The zero-order valence-corrected chi connectivity index (χ0v) is 26.5. The molecule has 0 aliphatic rings. The predicted molar refractivity (Wildman–Crippen MR) is 173 cm³/mol. The fourth-order valence-corrected chi connectivity index (χ4v) is 5.10. The third-order valence-electron chi connectivity index (χ3n) is 7.62. The Bertz CT molecular complexity index is 574. The molecular formula is C36H68O3. The fourth-order valence-electron chi connectivity index (χ4n) is 5.10. The SMILES string of the molecule is CCCCCC(=O)O.CCCCCCCCCCCCc1cccc(CCCCCCCCCCCC)c1.O. The Morgan fingerprint density at radius 3 is 1.15 bits per heavy atom. The van der Waals surface area contributed by atoms with E-state index in [0.29, 0.717) is 6.42 Å². The maximum atomic E-state index is 9.87. The molecule has 3 heteroatoms. The highest BCUT2D eigenvalue weighted by Gasteiger charge is 1.99. The van der Waals surface area contributed by atoms with Crippen molar-refractivity contribution in [2.75, 3.05) is 0 Å². The number of aliphatic carboxylic acids is 1. The Morgan fingerprint density at radius 1 is 0.513 bits per heavy atom. The quantitative estimate of drug-likeness (QED) is 0.117. The molecule has 0 unspecified atom stereocenters. The number of hydrogen-bond donors (Lipinski definition) is 1. The third-order valence-corrected chi connectivity index (χ3v) is 7.62. The molecule has 3 nitrogen and oxygen atoms in total. The van der Waals surface area contributed by atoms with Crippen LogP contribution in [0.15, 0.2) is 24.3 Å². The van der Waals surface area contributed by atoms with Crippen LogP contribution in [0.2, 0.25) is 0 Å². The van der Waals surface area contributed by atoms with E-state index in [1.807, 2.05) is 0 Å². The molecule has 1 rings (SSSR count). The van der Waals surface area contributed by atoms with Crippen LogP contribution in [0.3, 0.4) is 0 Å². The van der Waals surface area contributed by atoms with E-state index in [4.69, 9.17) is 5.11 Å². The molecule has 0 aromatic heterocycles. The summed E-state index contributed by atoms with van der Waals surface area (Å²) in [5.41, 5.74) is 3.14. The molecule has 3 N–H and O–H groups in total. The summed E-state index contributed by atoms with van der Waals surface area (Å²) in [6, 6.07) is 9.46. The lowest BCUT2D eigenvalue weighted by Gasteiger charge is -2.07. The second-order valence-corrected chi connectivity index (χ2v) is 11.5. The van der Waals surface area contributed by atoms with Crippen LogP contribution in [0.4, 0.5) is 0 Å². The second-order valence-electron chi connectivity index (χ2n) is 11.5. The van der Waals surface area contributed by atoms with Crippen molar-refractivity contribution in [2.45, 2.75) is 188 Å². The summed E-state index contributed by atoms with van der Waals surface area (Å²) in [6.45, 7) is 6.66. The zero-order valence-electron chi connectivity index (χ0n) is 26.5. The van der Waals surface area contributed by atoms with Crippen LogP contribution in [-0.2, 0) is 17.6 Å². The Morgan fingerprint density at radius 2 is 0.821 bits per heavy atom. The van der Waals surface area contributed by atoms with Gasteiger partial charge in [-0.05, 0) is 43.2 Å². The van der Waals surface area contributed by atoms with E-state index < -0.39 is 5.97 Å². The second kappa shape index (κ2) is 32.9. The molecule has 0 heterocycles. The monoisotopic (exact) mass is 549 g/mol. The van der Waals surface area contributed by atoms with Gasteiger partial charge in [-0.2, -0.15) is 0 Å². The van der Waals surface area contributed by atoms with Gasteiger partial charge in [0.15, 0.2) is 0 Å². The highest BCUT2D eigenvalue weighted by atomic mass is 16.4. The molecule has 230 valence electrons. The van der Waals surface area contributed by atoms with Gasteiger partial charge in [-0.1, -0.05) is 173 Å². The Kier molecular flexibility index (Phi) is 33.5. The van der Waals surface area contributed by atoms with Crippen LogP contribution in [-0.4, -0.2) is 16.6 Å². The van der Waals surface area contributed by atoms with Gasteiger partial charge in [0.05, 0.1) is 0 Å². The van der Waals surface area contributed by atoms with Crippen LogP contribution in [0.1, 0.15) is 186 Å². The smallest absolute Gasteiger partial charge is 0.303 e. The molecule has 39 heavy (non-hydrogen) atoms. The average molecular weight is 549 g/mol. The van der Waals surface area contributed by atoms with E-state index >= 15 is 0 Å². The molecule has 0 saturated carbocycles. The van der Waals surface area contributed by atoms with Gasteiger partial charge < -0.3 is 10.6 Å². The Hall–Kier alpha value is -1.35. The molecule has 0 spiro atoms. The van der Waals surface area contributed by atoms with Crippen LogP contribution < -0.4 is 0 Å². The third kappa shape index (κ3) is 31.0. The van der Waals surface area contributed by atoms with Gasteiger partial charge in [-0.3, -0.25) is 4.79 Å². The van der Waals surface area contributed by atoms with Gasteiger partial charge in [-0.15, -0.1) is 0 Å². The largest absolute Gasteiger partial charge is 0.481 e. The van der Waals surface area contributed by atoms with Crippen molar-refractivity contribution in [3.05, 3.63) is 35.4 Å². The van der Waals surface area contributed by atoms with E-state index in [1.165, 1.54) is 141 Å². The van der Waals surface area contributed by atoms with Crippen molar-refractivity contribution < 1.29 is 15.4 Å². The topological polar surface area (TPSA) is 68.8 Å². The summed E-state index contributed by atoms with van der Waals surface area (Å²) < 4.78 is 0. The maximum Gasteiger partial charge on any atom is 0.303 e. The first-order valence-electron chi connectivity index (χ1n) is 16.9. The van der Waals surface area contributed by atoms with Crippen molar-refractivity contribution in [1.29, 1.82) is 0 Å². The molecule has 0 aliphatic carbocycles. The fraction of sp³-hybridized carbons (Fsp3) is 0.806. The average Bonchev–Trinajstić information content (AvgIpc) is 2.91.